The molecular weight excluding hydrogens is 222 g/mol. The molecule has 3 heteroatoms. The van der Waals surface area contributed by atoms with Crippen molar-refractivity contribution in [2.45, 2.75) is 12.1 Å². The minimum Gasteiger partial charge on any atom is -0.373 e. The van der Waals surface area contributed by atoms with Crippen molar-refractivity contribution < 1.29 is 0 Å². The summed E-state index contributed by atoms with van der Waals surface area (Å²) in [6, 6.07) is 20.0. The van der Waals surface area contributed by atoms with Crippen molar-refractivity contribution in [3.63, 3.8) is 0 Å². The van der Waals surface area contributed by atoms with Crippen molar-refractivity contribution in [1.82, 2.24) is 0 Å². The first-order chi connectivity index (χ1) is 8.88. The molecule has 0 fully saturated rings. The predicted octanol–water partition coefficient (Wildman–Crippen LogP) is 3.16. The maximum Gasteiger partial charge on any atom is 0.139 e. The van der Waals surface area contributed by atoms with E-state index in [0.717, 1.165) is 16.9 Å². The number of nitrogens with zero attached hydrogens (tertiary/aromatic N) is 1. The normalized spacial score (nSPS) is 21.1. The van der Waals surface area contributed by atoms with E-state index in [1.54, 1.807) is 0 Å². The Hall–Kier alpha value is -2.47. The zero-order valence-corrected chi connectivity index (χ0v) is 9.80. The van der Waals surface area contributed by atoms with Crippen LogP contribution in [0, 0.1) is 11.3 Å². The molecule has 0 aromatic heterocycles. The van der Waals surface area contributed by atoms with E-state index in [9.17, 15) is 5.26 Å². The van der Waals surface area contributed by atoms with Crippen molar-refractivity contribution in [2.75, 3.05) is 10.6 Å². The highest BCUT2D eigenvalue weighted by molar-refractivity contribution is 5.73. The van der Waals surface area contributed by atoms with Crippen LogP contribution in [-0.2, 0) is 0 Å². The number of fused-ring (bicyclic) bond motifs is 1. The topological polar surface area (TPSA) is 47.9 Å². The van der Waals surface area contributed by atoms with Gasteiger partial charge in [0.25, 0.3) is 0 Å². The number of anilines is 2. The van der Waals surface area contributed by atoms with Crippen LogP contribution < -0.4 is 10.6 Å². The van der Waals surface area contributed by atoms with Crippen molar-refractivity contribution in [2.24, 2.45) is 0 Å². The van der Waals surface area contributed by atoms with E-state index in [4.69, 9.17) is 0 Å². The Morgan fingerprint density at radius 2 is 1.44 bits per heavy atom. The number of hydrogen-bond donors (Lipinski definition) is 2. The lowest BCUT2D eigenvalue weighted by Crippen LogP contribution is -2.35. The Labute approximate surface area is 106 Å². The van der Waals surface area contributed by atoms with Gasteiger partial charge in [0.1, 0.15) is 6.04 Å². The van der Waals surface area contributed by atoms with E-state index in [2.05, 4.69) is 16.7 Å². The molecule has 0 unspecified atom stereocenters. The second kappa shape index (κ2) is 4.42. The summed E-state index contributed by atoms with van der Waals surface area (Å²) >= 11 is 0. The minimum atomic E-state index is -0.262. The lowest BCUT2D eigenvalue weighted by molar-refractivity contribution is 0.709. The number of para-hydroxylation sites is 2. The molecule has 0 saturated heterocycles. The Kier molecular flexibility index (Phi) is 2.62. The first-order valence-corrected chi connectivity index (χ1v) is 5.95. The van der Waals surface area contributed by atoms with Crippen LogP contribution in [0.2, 0.25) is 0 Å². The molecule has 1 heterocycles. The molecule has 2 atom stereocenters. The van der Waals surface area contributed by atoms with E-state index in [1.165, 1.54) is 0 Å². The van der Waals surface area contributed by atoms with E-state index < -0.39 is 0 Å². The zero-order valence-electron chi connectivity index (χ0n) is 9.80. The number of hydrogen-bond acceptors (Lipinski definition) is 3. The molecule has 0 aliphatic carbocycles. The van der Waals surface area contributed by atoms with Crippen molar-refractivity contribution in [3.8, 4) is 6.07 Å². The lowest BCUT2D eigenvalue weighted by Gasteiger charge is -2.32. The maximum absolute atomic E-state index is 9.30. The third kappa shape index (κ3) is 1.78. The molecule has 88 valence electrons. The quantitative estimate of drug-likeness (QED) is 0.798. The highest BCUT2D eigenvalue weighted by Crippen LogP contribution is 2.34. The summed E-state index contributed by atoms with van der Waals surface area (Å²) in [4.78, 5) is 0. The number of rotatable bonds is 1. The molecule has 0 spiro atoms. The molecule has 0 radical (unpaired) electrons. The monoisotopic (exact) mass is 235 g/mol. The fourth-order valence-corrected chi connectivity index (χ4v) is 2.28. The minimum absolute atomic E-state index is 0.0221. The third-order valence-corrected chi connectivity index (χ3v) is 3.18. The average Bonchev–Trinajstić information content (AvgIpc) is 2.46. The summed E-state index contributed by atoms with van der Waals surface area (Å²) < 4.78 is 0. The number of nitriles is 1. The van der Waals surface area contributed by atoms with E-state index in [0.29, 0.717) is 0 Å². The van der Waals surface area contributed by atoms with Crippen molar-refractivity contribution in [1.29, 1.82) is 5.26 Å². The van der Waals surface area contributed by atoms with Crippen LogP contribution >= 0.6 is 0 Å². The molecule has 0 saturated carbocycles. The van der Waals surface area contributed by atoms with Gasteiger partial charge in [-0.15, -0.1) is 0 Å². The molecule has 0 amide bonds. The SMILES string of the molecule is N#C[C@@H]1Nc2ccccc2N[C@H]1c1ccccc1. The Morgan fingerprint density at radius 1 is 0.833 bits per heavy atom. The molecule has 2 aromatic rings. The van der Waals surface area contributed by atoms with E-state index in [1.807, 2.05) is 54.6 Å². The molecule has 0 bridgehead atoms. The van der Waals surface area contributed by atoms with Crippen molar-refractivity contribution >= 4 is 11.4 Å². The third-order valence-electron chi connectivity index (χ3n) is 3.18. The first-order valence-electron chi connectivity index (χ1n) is 5.95. The Morgan fingerprint density at radius 3 is 2.11 bits per heavy atom. The second-order valence-electron chi connectivity index (χ2n) is 4.33. The van der Waals surface area contributed by atoms with Crippen LogP contribution in [0.25, 0.3) is 0 Å². The maximum atomic E-state index is 9.30. The zero-order chi connectivity index (χ0) is 12.4. The standard InChI is InChI=1S/C15H13N3/c16-10-14-15(11-6-2-1-3-7-11)18-13-9-5-4-8-12(13)17-14/h1-9,14-15,17-18H/t14-,15-/m0/s1. The van der Waals surface area contributed by atoms with Gasteiger partial charge >= 0.3 is 0 Å². The van der Waals surface area contributed by atoms with Crippen LogP contribution in [-0.4, -0.2) is 6.04 Å². The summed E-state index contributed by atoms with van der Waals surface area (Å²) in [6.45, 7) is 0. The molecular formula is C15H13N3. The van der Waals surface area contributed by atoms with Crippen LogP contribution in [0.3, 0.4) is 0 Å². The first kappa shape index (κ1) is 10.7. The van der Waals surface area contributed by atoms with E-state index in [-0.39, 0.29) is 12.1 Å². The summed E-state index contributed by atoms with van der Waals surface area (Å²) in [5.41, 5.74) is 3.14. The fraction of sp³-hybridized carbons (Fsp3) is 0.133. The molecule has 1 aliphatic rings. The van der Waals surface area contributed by atoms with Gasteiger partial charge in [0, 0.05) is 0 Å². The highest BCUT2D eigenvalue weighted by atomic mass is 15.1. The van der Waals surface area contributed by atoms with Gasteiger partial charge in [-0.25, -0.2) is 0 Å². The van der Waals surface area contributed by atoms with Gasteiger partial charge < -0.3 is 10.6 Å². The van der Waals surface area contributed by atoms with Gasteiger partial charge in [-0.3, -0.25) is 0 Å². The summed E-state index contributed by atoms with van der Waals surface area (Å²) in [7, 11) is 0. The van der Waals surface area contributed by atoms with Crippen LogP contribution in [0.1, 0.15) is 11.6 Å². The van der Waals surface area contributed by atoms with Gasteiger partial charge in [0.05, 0.1) is 23.5 Å². The van der Waals surface area contributed by atoms with Crippen LogP contribution in [0.4, 0.5) is 11.4 Å². The summed E-state index contributed by atoms with van der Waals surface area (Å²) in [5.74, 6) is 0. The van der Waals surface area contributed by atoms with E-state index >= 15 is 0 Å². The van der Waals surface area contributed by atoms with Crippen LogP contribution in [0.15, 0.2) is 54.6 Å². The molecule has 3 rings (SSSR count). The lowest BCUT2D eigenvalue weighted by atomic mass is 9.97. The summed E-state index contributed by atoms with van der Waals surface area (Å²) in [5, 5.41) is 16.0. The van der Waals surface area contributed by atoms with Crippen molar-refractivity contribution in [3.05, 3.63) is 60.2 Å². The summed E-state index contributed by atoms with van der Waals surface area (Å²) in [6.07, 6.45) is 0. The van der Waals surface area contributed by atoms with Gasteiger partial charge in [-0.2, -0.15) is 5.26 Å². The average molecular weight is 235 g/mol. The predicted molar refractivity (Wildman–Crippen MR) is 72.3 cm³/mol. The highest BCUT2D eigenvalue weighted by Gasteiger charge is 2.28. The second-order valence-corrected chi connectivity index (χ2v) is 4.33. The Balaban J connectivity index is 1.99. The molecule has 18 heavy (non-hydrogen) atoms. The largest absolute Gasteiger partial charge is 0.373 e. The van der Waals surface area contributed by atoms with Crippen LogP contribution in [0.5, 0.6) is 0 Å². The fourth-order valence-electron chi connectivity index (χ4n) is 2.28. The Bertz CT molecular complexity index is 586. The molecule has 1 aliphatic heterocycles. The molecule has 2 N–H and O–H groups in total. The van der Waals surface area contributed by atoms with Gasteiger partial charge in [-0.05, 0) is 17.7 Å². The number of benzene rings is 2. The number of nitrogens with one attached hydrogen (secondary N) is 2. The van der Waals surface area contributed by atoms with Gasteiger partial charge in [-0.1, -0.05) is 42.5 Å². The van der Waals surface area contributed by atoms with Gasteiger partial charge in [0.15, 0.2) is 0 Å². The van der Waals surface area contributed by atoms with Gasteiger partial charge in [0.2, 0.25) is 0 Å². The molecule has 2 aromatic carbocycles. The molecule has 3 nitrogen and oxygen atoms in total. The smallest absolute Gasteiger partial charge is 0.139 e.